The molecule has 0 bridgehead atoms. The van der Waals surface area contributed by atoms with E-state index in [-0.39, 0.29) is 11.4 Å². The summed E-state index contributed by atoms with van der Waals surface area (Å²) in [6.45, 7) is 2.36. The van der Waals surface area contributed by atoms with Gasteiger partial charge in [-0.15, -0.1) is 0 Å². The molecular weight excluding hydrogens is 412 g/mol. The topological polar surface area (TPSA) is 73.4 Å². The minimum atomic E-state index is -0.643. The average molecular weight is 437 g/mol. The summed E-state index contributed by atoms with van der Waals surface area (Å²) in [5, 5.41) is 11.9. The molecular formula is C28H24N2O3. The highest BCUT2D eigenvalue weighted by Crippen LogP contribution is 2.39. The number of rotatable bonds is 6. The van der Waals surface area contributed by atoms with Crippen LogP contribution in [0.3, 0.4) is 0 Å². The van der Waals surface area contributed by atoms with Crippen LogP contribution in [0.1, 0.15) is 33.1 Å². The number of aromatic nitrogens is 1. The minimum absolute atomic E-state index is 0.133. The van der Waals surface area contributed by atoms with Gasteiger partial charge in [0.2, 0.25) is 0 Å². The molecule has 33 heavy (non-hydrogen) atoms. The zero-order valence-corrected chi connectivity index (χ0v) is 18.3. The van der Waals surface area contributed by atoms with Gasteiger partial charge in [0.1, 0.15) is 0 Å². The van der Waals surface area contributed by atoms with E-state index >= 15 is 0 Å². The zero-order valence-electron chi connectivity index (χ0n) is 18.3. The van der Waals surface area contributed by atoms with Crippen molar-refractivity contribution in [1.29, 1.82) is 0 Å². The number of carbonyl (C=O) groups excluding carboxylic acids is 2. The lowest BCUT2D eigenvalue weighted by atomic mass is 9.92. The summed E-state index contributed by atoms with van der Waals surface area (Å²) in [4.78, 5) is 31.5. The summed E-state index contributed by atoms with van der Waals surface area (Å²) in [6, 6.07) is 23.9. The first-order chi connectivity index (χ1) is 16.0. The van der Waals surface area contributed by atoms with Crippen molar-refractivity contribution in [2.24, 2.45) is 0 Å². The first kappa shape index (κ1) is 20.8. The van der Waals surface area contributed by atoms with Gasteiger partial charge < -0.3 is 15.0 Å². The number of carbonyl (C=O) groups is 2. The largest absolute Gasteiger partial charge is 0.503 e. The second-order valence-electron chi connectivity index (χ2n) is 8.38. The summed E-state index contributed by atoms with van der Waals surface area (Å²) >= 11 is 0. The number of aromatic amines is 1. The monoisotopic (exact) mass is 436 g/mol. The van der Waals surface area contributed by atoms with Crippen LogP contribution in [-0.2, 0) is 11.2 Å². The quantitative estimate of drug-likeness (QED) is 0.403. The van der Waals surface area contributed by atoms with E-state index in [1.165, 1.54) is 0 Å². The fourth-order valence-corrected chi connectivity index (χ4v) is 4.54. The molecule has 0 fully saturated rings. The van der Waals surface area contributed by atoms with Crippen LogP contribution >= 0.6 is 0 Å². The van der Waals surface area contributed by atoms with Gasteiger partial charge >= 0.3 is 0 Å². The highest BCUT2D eigenvalue weighted by molar-refractivity contribution is 6.16. The molecule has 1 aromatic heterocycles. The highest BCUT2D eigenvalue weighted by Gasteiger charge is 2.43. The van der Waals surface area contributed by atoms with E-state index in [2.05, 4.69) is 4.98 Å². The van der Waals surface area contributed by atoms with Crippen LogP contribution < -0.4 is 0 Å². The van der Waals surface area contributed by atoms with Crippen LogP contribution in [0.2, 0.25) is 0 Å². The molecule has 5 nitrogen and oxygen atoms in total. The maximum atomic E-state index is 13.4. The Bertz CT molecular complexity index is 1370. The van der Waals surface area contributed by atoms with E-state index in [1.807, 2.05) is 67.7 Å². The SMILES string of the molecule is Cc1ccc(C2C(C(=O)c3ccccc3)=C(O)C(=O)N2CCc2c[nH]c3ccccc23)cc1. The second kappa shape index (κ2) is 8.43. The van der Waals surface area contributed by atoms with Crippen molar-refractivity contribution in [1.82, 2.24) is 9.88 Å². The Labute approximate surface area is 192 Å². The number of nitrogens with one attached hydrogen (secondary N) is 1. The van der Waals surface area contributed by atoms with Crippen LogP contribution in [0, 0.1) is 6.92 Å². The summed E-state index contributed by atoms with van der Waals surface area (Å²) in [6.07, 6.45) is 2.55. The Morgan fingerprint density at radius 1 is 0.970 bits per heavy atom. The van der Waals surface area contributed by atoms with Gasteiger partial charge in [-0.05, 0) is 30.5 Å². The van der Waals surface area contributed by atoms with Crippen molar-refractivity contribution in [3.63, 3.8) is 0 Å². The summed E-state index contributed by atoms with van der Waals surface area (Å²) in [5.74, 6) is -1.31. The molecule has 1 aliphatic heterocycles. The van der Waals surface area contributed by atoms with Gasteiger partial charge in [0, 0.05) is 29.2 Å². The molecule has 1 amide bonds. The molecule has 4 aromatic rings. The number of H-pyrrole nitrogens is 1. The van der Waals surface area contributed by atoms with Crippen molar-refractivity contribution >= 4 is 22.6 Å². The number of Topliss-reactive ketones (excluding diaryl/α,β-unsaturated/α-hetero) is 1. The maximum absolute atomic E-state index is 13.4. The molecule has 2 heterocycles. The van der Waals surface area contributed by atoms with Crippen molar-refractivity contribution in [2.75, 3.05) is 6.54 Å². The molecule has 1 atom stereocenters. The third kappa shape index (κ3) is 3.72. The fourth-order valence-electron chi connectivity index (χ4n) is 4.54. The van der Waals surface area contributed by atoms with E-state index in [4.69, 9.17) is 0 Å². The van der Waals surface area contributed by atoms with Gasteiger partial charge in [0.15, 0.2) is 11.5 Å². The highest BCUT2D eigenvalue weighted by atomic mass is 16.3. The number of hydrogen-bond acceptors (Lipinski definition) is 3. The van der Waals surface area contributed by atoms with Crippen molar-refractivity contribution < 1.29 is 14.7 Å². The number of ketones is 1. The Hall–Kier alpha value is -4.12. The lowest BCUT2D eigenvalue weighted by Gasteiger charge is -2.27. The maximum Gasteiger partial charge on any atom is 0.290 e. The van der Waals surface area contributed by atoms with E-state index < -0.39 is 17.7 Å². The molecule has 0 radical (unpaired) electrons. The summed E-state index contributed by atoms with van der Waals surface area (Å²) in [7, 11) is 0. The molecule has 3 aromatic carbocycles. The molecule has 1 aliphatic rings. The van der Waals surface area contributed by atoms with Gasteiger partial charge in [-0.2, -0.15) is 0 Å². The number of amides is 1. The Balaban J connectivity index is 1.52. The first-order valence-electron chi connectivity index (χ1n) is 11.0. The van der Waals surface area contributed by atoms with Crippen molar-refractivity contribution in [3.8, 4) is 0 Å². The lowest BCUT2D eigenvalue weighted by molar-refractivity contribution is -0.129. The number of benzene rings is 3. The molecule has 2 N–H and O–H groups in total. The van der Waals surface area contributed by atoms with Gasteiger partial charge in [-0.25, -0.2) is 0 Å². The number of fused-ring (bicyclic) bond motifs is 1. The van der Waals surface area contributed by atoms with E-state index in [1.54, 1.807) is 29.2 Å². The Morgan fingerprint density at radius 3 is 2.42 bits per heavy atom. The third-order valence-corrected chi connectivity index (χ3v) is 6.27. The van der Waals surface area contributed by atoms with E-state index in [0.29, 0.717) is 18.5 Å². The molecule has 5 rings (SSSR count). The molecule has 1 unspecified atom stereocenters. The second-order valence-corrected chi connectivity index (χ2v) is 8.38. The number of aliphatic hydroxyl groups is 1. The average Bonchev–Trinajstić information content (AvgIpc) is 3.37. The van der Waals surface area contributed by atoms with Gasteiger partial charge in [-0.3, -0.25) is 9.59 Å². The number of aliphatic hydroxyl groups excluding tert-OH is 1. The minimum Gasteiger partial charge on any atom is -0.503 e. The van der Waals surface area contributed by atoms with Crippen LogP contribution in [0.15, 0.2) is 96.4 Å². The van der Waals surface area contributed by atoms with Gasteiger partial charge in [-0.1, -0.05) is 78.4 Å². The molecule has 0 aliphatic carbocycles. The summed E-state index contributed by atoms with van der Waals surface area (Å²) in [5.41, 5.74) is 4.59. The third-order valence-electron chi connectivity index (χ3n) is 6.27. The molecule has 164 valence electrons. The van der Waals surface area contributed by atoms with E-state index in [9.17, 15) is 14.7 Å². The lowest BCUT2D eigenvalue weighted by Crippen LogP contribution is -2.33. The van der Waals surface area contributed by atoms with Gasteiger partial charge in [0.25, 0.3) is 5.91 Å². The Morgan fingerprint density at radius 2 is 1.67 bits per heavy atom. The molecule has 5 heteroatoms. The molecule has 0 spiro atoms. The number of nitrogens with zero attached hydrogens (tertiary/aromatic N) is 1. The standard InChI is InChI=1S/C28H24N2O3/c1-18-11-13-19(14-12-18)25-24(26(31)20-7-3-2-4-8-20)27(32)28(33)30(25)16-15-21-17-29-23-10-6-5-9-22(21)23/h2-14,17,25,29,32H,15-16H2,1H3. The predicted molar refractivity (Wildman–Crippen MR) is 128 cm³/mol. The normalized spacial score (nSPS) is 16.1. The van der Waals surface area contributed by atoms with Crippen LogP contribution in [0.4, 0.5) is 0 Å². The predicted octanol–water partition coefficient (Wildman–Crippen LogP) is 5.30. The number of hydrogen-bond donors (Lipinski definition) is 2. The molecule has 0 saturated carbocycles. The van der Waals surface area contributed by atoms with Crippen molar-refractivity contribution in [3.05, 3.63) is 119 Å². The summed E-state index contributed by atoms with van der Waals surface area (Å²) < 4.78 is 0. The fraction of sp³-hybridized carbons (Fsp3) is 0.143. The number of aryl methyl sites for hydroxylation is 1. The van der Waals surface area contributed by atoms with Gasteiger partial charge in [0.05, 0.1) is 11.6 Å². The zero-order chi connectivity index (χ0) is 22.9. The van der Waals surface area contributed by atoms with Crippen LogP contribution in [0.5, 0.6) is 0 Å². The molecule has 0 saturated heterocycles. The first-order valence-corrected chi connectivity index (χ1v) is 11.0. The van der Waals surface area contributed by atoms with Crippen molar-refractivity contribution in [2.45, 2.75) is 19.4 Å². The Kier molecular flexibility index (Phi) is 5.31. The smallest absolute Gasteiger partial charge is 0.290 e. The van der Waals surface area contributed by atoms with E-state index in [0.717, 1.165) is 27.6 Å². The number of para-hydroxylation sites is 1. The van der Waals surface area contributed by atoms with Crippen LogP contribution in [-0.4, -0.2) is 33.2 Å². The van der Waals surface area contributed by atoms with Crippen LogP contribution in [0.25, 0.3) is 10.9 Å².